The molecule has 0 N–H and O–H groups in total. The summed E-state index contributed by atoms with van der Waals surface area (Å²) < 4.78 is 33.9. The highest BCUT2D eigenvalue weighted by Gasteiger charge is 2.48. The number of ether oxygens (including phenoxy) is 1. The highest BCUT2D eigenvalue weighted by molar-refractivity contribution is 5.44. The average Bonchev–Trinajstić information content (AvgIpc) is 2.73. The Hall–Kier alpha value is -2.59. The molecule has 2 aromatic rings. The van der Waals surface area contributed by atoms with Gasteiger partial charge in [-0.25, -0.2) is 8.78 Å². The molecule has 0 spiro atoms. The third-order valence-corrected chi connectivity index (χ3v) is 4.96. The van der Waals surface area contributed by atoms with Crippen LogP contribution in [0.1, 0.15) is 36.5 Å². The molecule has 2 nitrogen and oxygen atoms in total. The van der Waals surface area contributed by atoms with Gasteiger partial charge in [0, 0.05) is 11.0 Å². The zero-order valence-corrected chi connectivity index (χ0v) is 16.4. The van der Waals surface area contributed by atoms with Crippen LogP contribution in [0, 0.1) is 11.6 Å². The molecule has 150 valence electrons. The van der Waals surface area contributed by atoms with Gasteiger partial charge in [-0.15, -0.1) is 19.7 Å². The van der Waals surface area contributed by atoms with Gasteiger partial charge in [0.05, 0.1) is 12.7 Å². The minimum Gasteiger partial charge on any atom is -0.374 e. The van der Waals surface area contributed by atoms with Crippen LogP contribution < -0.4 is 0 Å². The molecule has 0 unspecified atom stereocenters. The van der Waals surface area contributed by atoms with Crippen molar-refractivity contribution in [3.8, 4) is 0 Å². The summed E-state index contributed by atoms with van der Waals surface area (Å²) in [6.07, 6.45) is 3.99. The number of carbonyl (C=O) groups is 1. The lowest BCUT2D eigenvalue weighted by molar-refractivity contribution is -0.0980. The maximum atomic E-state index is 14.5. The number of halogens is 2. The largest absolute Gasteiger partial charge is 0.374 e. The molecule has 2 aromatic carbocycles. The van der Waals surface area contributed by atoms with E-state index in [4.69, 9.17) is 9.53 Å². The number of hydrogen-bond acceptors (Lipinski definition) is 2. The first-order valence-corrected chi connectivity index (χ1v) is 9.15. The second kappa shape index (κ2) is 11.3. The Labute approximate surface area is 166 Å². The van der Waals surface area contributed by atoms with E-state index in [1.165, 1.54) is 17.7 Å². The van der Waals surface area contributed by atoms with E-state index in [1.54, 1.807) is 6.08 Å². The van der Waals surface area contributed by atoms with Crippen molar-refractivity contribution in [2.24, 2.45) is 0 Å². The van der Waals surface area contributed by atoms with Gasteiger partial charge in [0.1, 0.15) is 18.4 Å². The summed E-state index contributed by atoms with van der Waals surface area (Å²) in [5.74, 6) is -0.774. The fraction of sp³-hybridized carbons (Fsp3) is 0.292. The first kappa shape index (κ1) is 23.4. The zero-order valence-electron chi connectivity index (χ0n) is 16.4. The normalized spacial score (nSPS) is 19.9. The van der Waals surface area contributed by atoms with Crippen LogP contribution in [0.4, 0.5) is 8.78 Å². The Balaban J connectivity index is 0.000000921. The summed E-state index contributed by atoms with van der Waals surface area (Å²) in [7, 11) is 0. The zero-order chi connectivity index (χ0) is 21.2. The molecule has 1 aliphatic rings. The molecule has 0 atom stereocenters. The van der Waals surface area contributed by atoms with Crippen molar-refractivity contribution in [2.45, 2.75) is 37.7 Å². The van der Waals surface area contributed by atoms with Crippen LogP contribution in [-0.4, -0.2) is 19.5 Å². The molecule has 4 heteroatoms. The van der Waals surface area contributed by atoms with Gasteiger partial charge >= 0.3 is 0 Å². The summed E-state index contributed by atoms with van der Waals surface area (Å²) in [6.45, 7) is 14.2. The molecule has 0 aliphatic heterocycles. The molecule has 1 aliphatic carbocycles. The fourth-order valence-electron chi connectivity index (χ4n) is 3.57. The van der Waals surface area contributed by atoms with Crippen LogP contribution in [0.3, 0.4) is 0 Å². The van der Waals surface area contributed by atoms with Gasteiger partial charge in [-0.3, -0.25) is 0 Å². The summed E-state index contributed by atoms with van der Waals surface area (Å²) >= 11 is 0. The molecule has 1 saturated carbocycles. The van der Waals surface area contributed by atoms with Crippen molar-refractivity contribution in [3.63, 3.8) is 0 Å². The Kier molecular flexibility index (Phi) is 9.46. The Morgan fingerprint density at radius 2 is 1.71 bits per heavy atom. The molecule has 3 rings (SSSR count). The average molecular weight is 386 g/mol. The van der Waals surface area contributed by atoms with Gasteiger partial charge < -0.3 is 9.53 Å². The van der Waals surface area contributed by atoms with E-state index < -0.39 is 11.2 Å². The Morgan fingerprint density at radius 3 is 2.25 bits per heavy atom. The summed E-state index contributed by atoms with van der Waals surface area (Å²) in [5.41, 5.74) is 2.14. The second-order valence-corrected chi connectivity index (χ2v) is 6.41. The molecule has 0 aromatic heterocycles. The lowest BCUT2D eigenvalue weighted by atomic mass is 9.59. The monoisotopic (exact) mass is 386 g/mol. The third kappa shape index (κ3) is 5.02. The lowest BCUT2D eigenvalue weighted by Gasteiger charge is -2.48. The molecule has 0 radical (unpaired) electrons. The predicted octanol–water partition coefficient (Wildman–Crippen LogP) is 5.80. The number of benzene rings is 2. The molecular formula is C24H28F2O2. The third-order valence-electron chi connectivity index (χ3n) is 4.96. The highest BCUT2D eigenvalue weighted by Crippen LogP contribution is 2.51. The van der Waals surface area contributed by atoms with Crippen molar-refractivity contribution in [1.29, 1.82) is 0 Å². The maximum absolute atomic E-state index is 14.5. The Morgan fingerprint density at radius 1 is 1.11 bits per heavy atom. The van der Waals surface area contributed by atoms with Crippen LogP contribution in [0.5, 0.6) is 0 Å². The van der Waals surface area contributed by atoms with Crippen LogP contribution in [0.2, 0.25) is 0 Å². The van der Waals surface area contributed by atoms with Gasteiger partial charge in [0.15, 0.2) is 0 Å². The smallest absolute Gasteiger partial charge is 0.127 e. The first-order valence-electron chi connectivity index (χ1n) is 9.15. The number of rotatable bonds is 6. The van der Waals surface area contributed by atoms with E-state index in [2.05, 4.69) is 38.8 Å². The minimum absolute atomic E-state index is 0.0384. The van der Waals surface area contributed by atoms with Crippen molar-refractivity contribution >= 4 is 6.79 Å². The fourth-order valence-corrected chi connectivity index (χ4v) is 3.57. The second-order valence-electron chi connectivity index (χ2n) is 6.41. The molecule has 0 heterocycles. The molecule has 0 bridgehead atoms. The van der Waals surface area contributed by atoms with Crippen LogP contribution in [0.25, 0.3) is 0 Å². The van der Waals surface area contributed by atoms with Crippen molar-refractivity contribution < 1.29 is 18.3 Å². The first-order chi connectivity index (χ1) is 13.6. The van der Waals surface area contributed by atoms with Crippen LogP contribution >= 0.6 is 0 Å². The quantitative estimate of drug-likeness (QED) is 0.587. The Bertz CT molecular complexity index is 748. The summed E-state index contributed by atoms with van der Waals surface area (Å²) in [4.78, 5) is 8.00. The SMILES string of the molecule is C=C.C=CCOC1CC(c2ccc(CC)cc2)(c2cc(F)ccc2F)C1.C=O. The molecule has 1 fully saturated rings. The van der Waals surface area contributed by atoms with E-state index in [-0.39, 0.29) is 11.9 Å². The van der Waals surface area contributed by atoms with E-state index in [9.17, 15) is 8.78 Å². The molecule has 0 saturated heterocycles. The van der Waals surface area contributed by atoms with E-state index in [0.717, 1.165) is 18.1 Å². The van der Waals surface area contributed by atoms with Gasteiger partial charge in [-0.2, -0.15) is 0 Å². The van der Waals surface area contributed by atoms with E-state index in [0.29, 0.717) is 25.0 Å². The highest BCUT2D eigenvalue weighted by atomic mass is 19.1. The number of carbonyl (C=O) groups excluding carboxylic acids is 1. The minimum atomic E-state index is -0.524. The van der Waals surface area contributed by atoms with Crippen molar-refractivity contribution in [2.75, 3.05) is 6.61 Å². The van der Waals surface area contributed by atoms with Crippen LogP contribution in [0.15, 0.2) is 68.3 Å². The summed E-state index contributed by atoms with van der Waals surface area (Å²) in [5, 5.41) is 0. The standard InChI is InChI=1S/C21H22F2O.C2H4.CH2O/c1-3-11-24-18-13-21(14-18,16-7-5-15(4-2)6-8-16)19-12-17(22)9-10-20(19)23;2*1-2/h3,5-10,12,18H,1,4,11,13-14H2,2H3;1-2H2;1H2. The number of hydrogen-bond donors (Lipinski definition) is 0. The van der Waals surface area contributed by atoms with Gasteiger partial charge in [0.25, 0.3) is 0 Å². The van der Waals surface area contributed by atoms with Crippen LogP contribution in [-0.2, 0) is 21.4 Å². The number of aryl methyl sites for hydroxylation is 1. The van der Waals surface area contributed by atoms with Crippen molar-refractivity contribution in [1.82, 2.24) is 0 Å². The molecule has 0 amide bonds. The maximum Gasteiger partial charge on any atom is 0.127 e. The lowest BCUT2D eigenvalue weighted by Crippen LogP contribution is -2.47. The molecular weight excluding hydrogens is 358 g/mol. The predicted molar refractivity (Wildman–Crippen MR) is 111 cm³/mol. The van der Waals surface area contributed by atoms with Gasteiger partial charge in [0.2, 0.25) is 0 Å². The van der Waals surface area contributed by atoms with E-state index in [1.807, 2.05) is 18.9 Å². The van der Waals surface area contributed by atoms with Crippen molar-refractivity contribution in [3.05, 3.63) is 96.6 Å². The van der Waals surface area contributed by atoms with Gasteiger partial charge in [-0.1, -0.05) is 37.3 Å². The topological polar surface area (TPSA) is 26.3 Å². The molecule has 28 heavy (non-hydrogen) atoms. The summed E-state index contributed by atoms with van der Waals surface area (Å²) in [6, 6.07) is 11.9. The van der Waals surface area contributed by atoms with Gasteiger partial charge in [-0.05, 0) is 48.6 Å². The van der Waals surface area contributed by atoms with E-state index >= 15 is 0 Å².